The van der Waals surface area contributed by atoms with Crippen molar-refractivity contribution in [3.05, 3.63) is 35.9 Å². The first kappa shape index (κ1) is 26.4. The molecular formula is C21H40NO2S+. The lowest BCUT2D eigenvalue weighted by molar-refractivity contribution is 0.538. The normalized spacial score (nSPS) is 9.68. The van der Waals surface area contributed by atoms with Gasteiger partial charge in [-0.3, -0.25) is 0 Å². The largest absolute Gasteiger partial charge is 0.690 e. The quantitative estimate of drug-likeness (QED) is 0.269. The maximum absolute atomic E-state index is 8.40. The molecule has 0 saturated heterocycles. The van der Waals surface area contributed by atoms with E-state index in [1.165, 1.54) is 76.2 Å². The minimum absolute atomic E-state index is 0.333. The fourth-order valence-corrected chi connectivity index (χ4v) is 2.46. The van der Waals surface area contributed by atoms with Crippen LogP contribution in [0.3, 0.4) is 0 Å². The van der Waals surface area contributed by atoms with E-state index in [1.54, 1.807) is 0 Å². The summed E-state index contributed by atoms with van der Waals surface area (Å²) in [7, 11) is 0. The van der Waals surface area contributed by atoms with Gasteiger partial charge in [-0.05, 0) is 24.4 Å². The molecule has 25 heavy (non-hydrogen) atoms. The van der Waals surface area contributed by atoms with Crippen LogP contribution in [-0.4, -0.2) is 10.6 Å². The molecule has 0 radical (unpaired) electrons. The van der Waals surface area contributed by atoms with E-state index in [0.717, 1.165) is 0 Å². The summed E-state index contributed by atoms with van der Waals surface area (Å²) in [5.74, 6) is 0. The van der Waals surface area contributed by atoms with Gasteiger partial charge in [0.05, 0.1) is 4.21 Å². The summed E-state index contributed by atoms with van der Waals surface area (Å²) < 4.78 is 15.3. The molecule has 0 heterocycles. The van der Waals surface area contributed by atoms with E-state index in [9.17, 15) is 0 Å². The van der Waals surface area contributed by atoms with E-state index < -0.39 is 11.9 Å². The van der Waals surface area contributed by atoms with Crippen LogP contribution in [0.15, 0.2) is 30.3 Å². The Bertz CT molecular complexity index is 355. The molecule has 1 aromatic rings. The number of aryl methyl sites for hydroxylation is 1. The molecule has 0 spiro atoms. The van der Waals surface area contributed by atoms with Crippen LogP contribution in [0.5, 0.6) is 0 Å². The van der Waals surface area contributed by atoms with Gasteiger partial charge in [0.2, 0.25) is 0 Å². The summed E-state index contributed by atoms with van der Waals surface area (Å²) >= 11 is -0.500. The Morgan fingerprint density at radius 2 is 1.24 bits per heavy atom. The Balaban J connectivity index is 0. The topological polar surface area (TPSA) is 63.3 Å². The first-order chi connectivity index (χ1) is 12.1. The molecule has 0 aromatic heterocycles. The summed E-state index contributed by atoms with van der Waals surface area (Å²) in [5.41, 5.74) is 6.61. The van der Waals surface area contributed by atoms with Crippen LogP contribution in [-0.2, 0) is 22.6 Å². The van der Waals surface area contributed by atoms with Crippen molar-refractivity contribution in [2.75, 3.05) is 0 Å². The minimum atomic E-state index is -0.500. The van der Waals surface area contributed by atoms with Crippen molar-refractivity contribution in [1.29, 1.82) is 0 Å². The van der Waals surface area contributed by atoms with Crippen molar-refractivity contribution < 1.29 is 8.76 Å². The van der Waals surface area contributed by atoms with Gasteiger partial charge in [-0.25, -0.2) is 0 Å². The average Bonchev–Trinajstić information content (AvgIpc) is 2.58. The van der Waals surface area contributed by atoms with Crippen molar-refractivity contribution in [2.24, 2.45) is 5.73 Å². The molecule has 0 unspecified atom stereocenters. The van der Waals surface area contributed by atoms with Crippen LogP contribution in [0.2, 0.25) is 0 Å². The zero-order valence-corrected chi connectivity index (χ0v) is 17.4. The van der Waals surface area contributed by atoms with Gasteiger partial charge in [-0.2, -0.15) is 0 Å². The predicted octanol–water partition coefficient (Wildman–Crippen LogP) is 6.39. The second-order valence-corrected chi connectivity index (χ2v) is 6.89. The van der Waals surface area contributed by atoms with Crippen molar-refractivity contribution in [3.63, 3.8) is 0 Å². The monoisotopic (exact) mass is 370 g/mol. The van der Waals surface area contributed by atoms with E-state index in [1.807, 2.05) is 13.8 Å². The summed E-state index contributed by atoms with van der Waals surface area (Å²) in [6.07, 6.45) is 15.5. The second kappa shape index (κ2) is 23.2. The van der Waals surface area contributed by atoms with Crippen molar-refractivity contribution >= 4 is 11.9 Å². The van der Waals surface area contributed by atoms with Crippen LogP contribution < -0.4 is 5.73 Å². The molecule has 0 saturated carbocycles. The molecule has 1 aromatic carbocycles. The average molecular weight is 371 g/mol. The molecule has 0 bridgehead atoms. The lowest BCUT2D eigenvalue weighted by atomic mass is 10.0. The fourth-order valence-electron chi connectivity index (χ4n) is 2.46. The van der Waals surface area contributed by atoms with Gasteiger partial charge in [0, 0.05) is 0 Å². The van der Waals surface area contributed by atoms with Crippen LogP contribution in [0, 0.1) is 0 Å². The van der Waals surface area contributed by atoms with Crippen molar-refractivity contribution in [1.82, 2.24) is 0 Å². The Labute approximate surface area is 160 Å². The molecule has 1 rings (SSSR count). The van der Waals surface area contributed by atoms with Crippen molar-refractivity contribution in [2.45, 2.75) is 97.4 Å². The maximum atomic E-state index is 8.40. The van der Waals surface area contributed by atoms with Gasteiger partial charge in [0.1, 0.15) is 0 Å². The highest BCUT2D eigenvalue weighted by atomic mass is 32.2. The lowest BCUT2D eigenvalue weighted by Crippen LogP contribution is -2.06. The number of rotatable bonds is 11. The predicted molar refractivity (Wildman–Crippen MR) is 112 cm³/mol. The third-order valence-electron chi connectivity index (χ3n) is 3.66. The summed E-state index contributed by atoms with van der Waals surface area (Å²) in [5, 5.41) is 0. The SMILES string of the molecule is CC(C)N.CCCCCCCCCCCCc1ccccc1.O=[S+]O. The first-order valence-electron chi connectivity index (χ1n) is 9.81. The van der Waals surface area contributed by atoms with Gasteiger partial charge < -0.3 is 5.73 Å². The van der Waals surface area contributed by atoms with Crippen molar-refractivity contribution in [3.8, 4) is 0 Å². The number of unbranched alkanes of at least 4 members (excludes halogenated alkanes) is 9. The number of hydrogen-bond acceptors (Lipinski definition) is 2. The van der Waals surface area contributed by atoms with E-state index >= 15 is 0 Å². The Morgan fingerprint density at radius 3 is 1.64 bits per heavy atom. The molecule has 0 aliphatic rings. The van der Waals surface area contributed by atoms with Crippen LogP contribution in [0.4, 0.5) is 0 Å². The van der Waals surface area contributed by atoms with Crippen LogP contribution >= 0.6 is 0 Å². The summed E-state index contributed by atoms with van der Waals surface area (Å²) in [4.78, 5) is 0. The molecule has 0 aliphatic carbocycles. The smallest absolute Gasteiger partial charge is 0.328 e. The Kier molecular flexibility index (Phi) is 24.4. The fraction of sp³-hybridized carbons (Fsp3) is 0.714. The molecule has 146 valence electrons. The minimum Gasteiger partial charge on any atom is -0.328 e. The molecule has 0 amide bonds. The Hall–Kier alpha value is -0.840. The molecule has 0 atom stereocenters. The summed E-state index contributed by atoms with van der Waals surface area (Å²) in [6, 6.07) is 11.2. The van der Waals surface area contributed by atoms with Gasteiger partial charge in [-0.1, -0.05) is 113 Å². The third kappa shape index (κ3) is 28.2. The van der Waals surface area contributed by atoms with Gasteiger partial charge in [-0.15, -0.1) is 0 Å². The van der Waals surface area contributed by atoms with E-state index in [4.69, 9.17) is 14.5 Å². The third-order valence-corrected chi connectivity index (χ3v) is 3.66. The highest BCUT2D eigenvalue weighted by Crippen LogP contribution is 2.12. The van der Waals surface area contributed by atoms with Gasteiger partial charge in [0.25, 0.3) is 0 Å². The standard InChI is InChI=1S/C18H30.C3H9N.O2S/c1-2-3-4-5-6-7-8-9-10-12-15-18-16-13-11-14-17-18;1-3(2)4;1-3-2/h11,13-14,16-17H,2-10,12,15H2,1H3;3H,4H2,1-2H3;/p+1. The Morgan fingerprint density at radius 1 is 0.880 bits per heavy atom. The lowest BCUT2D eigenvalue weighted by Gasteiger charge is -2.03. The van der Waals surface area contributed by atoms with Gasteiger partial charge >= 0.3 is 11.9 Å². The highest BCUT2D eigenvalue weighted by Gasteiger charge is 1.94. The van der Waals surface area contributed by atoms with Crippen LogP contribution in [0.1, 0.15) is 90.5 Å². The summed E-state index contributed by atoms with van der Waals surface area (Å²) in [6.45, 7) is 6.17. The highest BCUT2D eigenvalue weighted by molar-refractivity contribution is 7.59. The molecular weight excluding hydrogens is 330 g/mol. The number of nitrogens with two attached hydrogens (primary N) is 1. The molecule has 3 nitrogen and oxygen atoms in total. The van der Waals surface area contributed by atoms with E-state index in [2.05, 4.69) is 37.3 Å². The van der Waals surface area contributed by atoms with Gasteiger partial charge in [0.15, 0.2) is 0 Å². The zero-order valence-electron chi connectivity index (χ0n) is 16.6. The molecule has 0 aliphatic heterocycles. The second-order valence-electron chi connectivity index (χ2n) is 6.74. The van der Waals surface area contributed by atoms with E-state index in [0.29, 0.717) is 6.04 Å². The molecule has 4 heteroatoms. The first-order valence-corrected chi connectivity index (χ1v) is 10.5. The number of hydrogen-bond donors (Lipinski definition) is 2. The zero-order chi connectivity index (χ0) is 19.2. The maximum Gasteiger partial charge on any atom is 0.690 e. The van der Waals surface area contributed by atoms with Crippen LogP contribution in [0.25, 0.3) is 0 Å². The molecule has 3 N–H and O–H groups in total. The molecule has 0 fully saturated rings. The van der Waals surface area contributed by atoms with E-state index in [-0.39, 0.29) is 0 Å². The number of benzene rings is 1.